The molecule has 0 aliphatic rings. The standard InChI is InChI=1S/C15H17Cl2N3/c1-2-10-9-19-6-5-13(10)15(20-18)8-11-7-12(16)3-4-14(11)17/h3-7,9,15,20H,2,8,18H2,1H3. The Kier molecular flexibility index (Phi) is 5.38. The second-order valence-electron chi connectivity index (χ2n) is 4.59. The summed E-state index contributed by atoms with van der Waals surface area (Å²) in [6.45, 7) is 2.10. The lowest BCUT2D eigenvalue weighted by Gasteiger charge is -2.20. The molecule has 3 N–H and O–H groups in total. The van der Waals surface area contributed by atoms with Gasteiger partial charge in [0.1, 0.15) is 0 Å². The van der Waals surface area contributed by atoms with Crippen LogP contribution in [0.25, 0.3) is 0 Å². The van der Waals surface area contributed by atoms with Gasteiger partial charge in [-0.25, -0.2) is 0 Å². The van der Waals surface area contributed by atoms with Gasteiger partial charge in [0.25, 0.3) is 0 Å². The molecule has 2 rings (SSSR count). The van der Waals surface area contributed by atoms with E-state index in [9.17, 15) is 0 Å². The second kappa shape index (κ2) is 7.04. The number of hydrogen-bond acceptors (Lipinski definition) is 3. The van der Waals surface area contributed by atoms with Gasteiger partial charge in [-0.1, -0.05) is 30.1 Å². The summed E-state index contributed by atoms with van der Waals surface area (Å²) in [6.07, 6.45) is 5.23. The molecule has 0 saturated heterocycles. The van der Waals surface area contributed by atoms with Gasteiger partial charge in [0.15, 0.2) is 0 Å². The predicted octanol–water partition coefficient (Wildman–Crippen LogP) is 3.70. The maximum Gasteiger partial charge on any atom is 0.0504 e. The van der Waals surface area contributed by atoms with Crippen molar-refractivity contribution in [1.82, 2.24) is 10.4 Å². The lowest BCUT2D eigenvalue weighted by atomic mass is 9.95. The van der Waals surface area contributed by atoms with Crippen LogP contribution in [0.15, 0.2) is 36.7 Å². The Morgan fingerprint density at radius 1 is 1.25 bits per heavy atom. The second-order valence-corrected chi connectivity index (χ2v) is 5.43. The molecule has 0 fully saturated rings. The zero-order chi connectivity index (χ0) is 14.5. The number of nitrogens with two attached hydrogens (primary N) is 1. The molecule has 106 valence electrons. The van der Waals surface area contributed by atoms with Crippen molar-refractivity contribution in [2.45, 2.75) is 25.8 Å². The normalized spacial score (nSPS) is 12.4. The molecule has 0 spiro atoms. The van der Waals surface area contributed by atoms with Crippen molar-refractivity contribution in [2.24, 2.45) is 5.84 Å². The molecule has 0 aliphatic carbocycles. The van der Waals surface area contributed by atoms with Crippen LogP contribution < -0.4 is 11.3 Å². The van der Waals surface area contributed by atoms with Crippen LogP contribution in [0.2, 0.25) is 10.0 Å². The summed E-state index contributed by atoms with van der Waals surface area (Å²) in [4.78, 5) is 4.16. The lowest BCUT2D eigenvalue weighted by molar-refractivity contribution is 0.547. The van der Waals surface area contributed by atoms with E-state index in [2.05, 4.69) is 17.3 Å². The van der Waals surface area contributed by atoms with E-state index in [1.54, 1.807) is 18.3 Å². The minimum absolute atomic E-state index is 0.0242. The van der Waals surface area contributed by atoms with E-state index in [4.69, 9.17) is 29.0 Å². The summed E-state index contributed by atoms with van der Waals surface area (Å²) >= 11 is 12.2. The number of rotatable bonds is 5. The summed E-state index contributed by atoms with van der Waals surface area (Å²) in [5, 5.41) is 1.37. The van der Waals surface area contributed by atoms with Crippen LogP contribution in [-0.4, -0.2) is 4.98 Å². The predicted molar refractivity (Wildman–Crippen MR) is 83.8 cm³/mol. The van der Waals surface area contributed by atoms with Crippen molar-refractivity contribution in [3.05, 3.63) is 63.4 Å². The summed E-state index contributed by atoms with van der Waals surface area (Å²) in [5.41, 5.74) is 6.15. The van der Waals surface area contributed by atoms with Gasteiger partial charge in [0.2, 0.25) is 0 Å². The van der Waals surface area contributed by atoms with Crippen molar-refractivity contribution in [1.29, 1.82) is 0 Å². The quantitative estimate of drug-likeness (QED) is 0.654. The van der Waals surface area contributed by atoms with Crippen LogP contribution >= 0.6 is 23.2 Å². The number of hydrogen-bond donors (Lipinski definition) is 2. The fraction of sp³-hybridized carbons (Fsp3) is 0.267. The van der Waals surface area contributed by atoms with E-state index in [1.807, 2.05) is 18.3 Å². The number of aromatic nitrogens is 1. The molecule has 3 nitrogen and oxygen atoms in total. The summed E-state index contributed by atoms with van der Waals surface area (Å²) in [7, 11) is 0. The molecular formula is C15H17Cl2N3. The largest absolute Gasteiger partial charge is 0.271 e. The summed E-state index contributed by atoms with van der Waals surface area (Å²) < 4.78 is 0. The van der Waals surface area contributed by atoms with Gasteiger partial charge in [-0.15, -0.1) is 0 Å². The minimum Gasteiger partial charge on any atom is -0.271 e. The Bertz CT molecular complexity index is 587. The highest BCUT2D eigenvalue weighted by Gasteiger charge is 2.15. The van der Waals surface area contributed by atoms with Gasteiger partial charge in [0, 0.05) is 22.4 Å². The van der Waals surface area contributed by atoms with E-state index < -0.39 is 0 Å². The fourth-order valence-corrected chi connectivity index (χ4v) is 2.64. The maximum atomic E-state index is 6.22. The molecule has 5 heteroatoms. The van der Waals surface area contributed by atoms with Crippen molar-refractivity contribution >= 4 is 23.2 Å². The fourth-order valence-electron chi connectivity index (χ4n) is 2.25. The van der Waals surface area contributed by atoms with E-state index in [-0.39, 0.29) is 6.04 Å². The van der Waals surface area contributed by atoms with Gasteiger partial charge < -0.3 is 0 Å². The first-order valence-corrected chi connectivity index (χ1v) is 7.24. The van der Waals surface area contributed by atoms with Crippen molar-refractivity contribution in [3.8, 4) is 0 Å². The number of hydrazine groups is 1. The number of aryl methyl sites for hydroxylation is 1. The van der Waals surface area contributed by atoms with Crippen molar-refractivity contribution in [2.75, 3.05) is 0 Å². The first-order chi connectivity index (χ1) is 9.65. The number of pyridine rings is 1. The van der Waals surface area contributed by atoms with E-state index in [0.717, 1.165) is 17.5 Å². The molecule has 1 atom stereocenters. The highest BCUT2D eigenvalue weighted by Crippen LogP contribution is 2.27. The SMILES string of the molecule is CCc1cnccc1C(Cc1cc(Cl)ccc1Cl)NN. The molecular weight excluding hydrogens is 293 g/mol. The zero-order valence-corrected chi connectivity index (χ0v) is 12.7. The topological polar surface area (TPSA) is 50.9 Å². The third-order valence-corrected chi connectivity index (χ3v) is 3.93. The Balaban J connectivity index is 2.31. The smallest absolute Gasteiger partial charge is 0.0504 e. The maximum absolute atomic E-state index is 6.22. The Morgan fingerprint density at radius 3 is 2.75 bits per heavy atom. The van der Waals surface area contributed by atoms with Crippen LogP contribution in [0, 0.1) is 0 Å². The van der Waals surface area contributed by atoms with Gasteiger partial charge in [-0.3, -0.25) is 16.3 Å². The molecule has 0 amide bonds. The van der Waals surface area contributed by atoms with Crippen LogP contribution in [0.1, 0.15) is 29.7 Å². The highest BCUT2D eigenvalue weighted by molar-refractivity contribution is 6.33. The van der Waals surface area contributed by atoms with E-state index in [0.29, 0.717) is 16.5 Å². The zero-order valence-electron chi connectivity index (χ0n) is 11.2. The molecule has 0 aliphatic heterocycles. The van der Waals surface area contributed by atoms with E-state index in [1.165, 1.54) is 5.56 Å². The minimum atomic E-state index is -0.0242. The van der Waals surface area contributed by atoms with Gasteiger partial charge in [-0.05, 0) is 53.8 Å². The van der Waals surface area contributed by atoms with Crippen LogP contribution in [0.3, 0.4) is 0 Å². The molecule has 20 heavy (non-hydrogen) atoms. The molecule has 1 heterocycles. The first-order valence-electron chi connectivity index (χ1n) is 6.48. The van der Waals surface area contributed by atoms with Gasteiger partial charge >= 0.3 is 0 Å². The third kappa shape index (κ3) is 3.49. The van der Waals surface area contributed by atoms with Crippen molar-refractivity contribution < 1.29 is 0 Å². The number of halogens is 2. The van der Waals surface area contributed by atoms with Crippen LogP contribution in [0.4, 0.5) is 0 Å². The summed E-state index contributed by atoms with van der Waals surface area (Å²) in [6, 6.07) is 7.43. The number of nitrogens with zero attached hydrogens (tertiary/aromatic N) is 1. The Hall–Kier alpha value is -1.13. The molecule has 1 aromatic heterocycles. The highest BCUT2D eigenvalue weighted by atomic mass is 35.5. The molecule has 0 saturated carbocycles. The molecule has 0 bridgehead atoms. The first kappa shape index (κ1) is 15.3. The Labute approximate surface area is 129 Å². The summed E-state index contributed by atoms with van der Waals surface area (Å²) in [5.74, 6) is 5.72. The molecule has 1 unspecified atom stereocenters. The molecule has 2 aromatic rings. The number of benzene rings is 1. The Morgan fingerprint density at radius 2 is 2.05 bits per heavy atom. The monoisotopic (exact) mass is 309 g/mol. The van der Waals surface area contributed by atoms with E-state index >= 15 is 0 Å². The molecule has 1 aromatic carbocycles. The average Bonchev–Trinajstić information content (AvgIpc) is 2.48. The third-order valence-electron chi connectivity index (χ3n) is 3.33. The van der Waals surface area contributed by atoms with Gasteiger partial charge in [-0.2, -0.15) is 0 Å². The van der Waals surface area contributed by atoms with Crippen molar-refractivity contribution in [3.63, 3.8) is 0 Å². The lowest BCUT2D eigenvalue weighted by Crippen LogP contribution is -2.30. The van der Waals surface area contributed by atoms with Crippen LogP contribution in [0.5, 0.6) is 0 Å². The van der Waals surface area contributed by atoms with Crippen LogP contribution in [-0.2, 0) is 12.8 Å². The number of nitrogens with one attached hydrogen (secondary N) is 1. The molecule has 0 radical (unpaired) electrons. The van der Waals surface area contributed by atoms with Gasteiger partial charge in [0.05, 0.1) is 6.04 Å². The average molecular weight is 310 g/mol.